The highest BCUT2D eigenvalue weighted by Crippen LogP contribution is 2.33. The monoisotopic (exact) mass is 424 g/mol. The number of fused-ring (bicyclic) bond motifs is 2. The van der Waals surface area contributed by atoms with Gasteiger partial charge >= 0.3 is 0 Å². The predicted molar refractivity (Wildman–Crippen MR) is 112 cm³/mol. The van der Waals surface area contributed by atoms with Crippen molar-refractivity contribution in [2.75, 3.05) is 23.5 Å². The van der Waals surface area contributed by atoms with Gasteiger partial charge in [0.2, 0.25) is 0 Å². The molecule has 0 aliphatic carbocycles. The van der Waals surface area contributed by atoms with Crippen molar-refractivity contribution < 1.29 is 13.9 Å². The quantitative estimate of drug-likeness (QED) is 0.694. The number of carbonyl (C=O) groups excluding carboxylic acids is 1. The number of nitrogens with one attached hydrogen (secondary N) is 1. The molecule has 0 unspecified atom stereocenters. The fourth-order valence-electron chi connectivity index (χ4n) is 3.63. The van der Waals surface area contributed by atoms with Crippen molar-refractivity contribution in [2.24, 2.45) is 4.99 Å². The number of hydrogen-bond acceptors (Lipinski definition) is 6. The van der Waals surface area contributed by atoms with Gasteiger partial charge < -0.3 is 15.0 Å². The van der Waals surface area contributed by atoms with Crippen LogP contribution in [0.15, 0.2) is 52.3 Å². The standard InChI is InChI=1S/C21H17FN4O3S/c1-2-29-14-6-7-16-15(9-14)17(19(27)24-16)18-20(28)26-11-25(10-23-21(26)30-18)13-5-3-4-12(22)8-13/h3-9H,2,10-11H2,1H3,(H,24,27)/b18-17-. The summed E-state index contributed by atoms with van der Waals surface area (Å²) in [6, 6.07) is 11.5. The van der Waals surface area contributed by atoms with Gasteiger partial charge in [0, 0.05) is 16.9 Å². The van der Waals surface area contributed by atoms with Gasteiger partial charge in [-0.05, 0) is 43.3 Å². The van der Waals surface area contributed by atoms with Crippen molar-refractivity contribution in [3.8, 4) is 5.75 Å². The lowest BCUT2D eigenvalue weighted by Gasteiger charge is -2.25. The zero-order chi connectivity index (χ0) is 20.8. The van der Waals surface area contributed by atoms with Gasteiger partial charge in [0.25, 0.3) is 11.5 Å². The highest BCUT2D eigenvalue weighted by molar-refractivity contribution is 7.07. The molecule has 0 saturated carbocycles. The Morgan fingerprint density at radius 2 is 2.10 bits per heavy atom. The van der Waals surface area contributed by atoms with Gasteiger partial charge in [-0.3, -0.25) is 14.2 Å². The van der Waals surface area contributed by atoms with E-state index in [-0.39, 0.29) is 24.0 Å². The lowest BCUT2D eigenvalue weighted by Crippen LogP contribution is -2.43. The average Bonchev–Trinajstić information content (AvgIpc) is 3.23. The SMILES string of the molecule is CCOc1ccc2c(c1)/C(=c1/sc3n(c1=O)CN(c1cccc(F)c1)CN=3)C(=O)N2. The normalized spacial score (nSPS) is 16.6. The van der Waals surface area contributed by atoms with Crippen LogP contribution >= 0.6 is 11.3 Å². The Morgan fingerprint density at radius 1 is 1.23 bits per heavy atom. The smallest absolute Gasteiger partial charge is 0.272 e. The Morgan fingerprint density at radius 3 is 2.90 bits per heavy atom. The van der Waals surface area contributed by atoms with Gasteiger partial charge in [0.1, 0.15) is 29.4 Å². The van der Waals surface area contributed by atoms with Crippen LogP contribution in [0.2, 0.25) is 0 Å². The first kappa shape index (κ1) is 18.6. The van der Waals surface area contributed by atoms with Gasteiger partial charge in [0.15, 0.2) is 4.80 Å². The molecule has 1 N–H and O–H groups in total. The highest BCUT2D eigenvalue weighted by Gasteiger charge is 2.28. The topological polar surface area (TPSA) is 75.9 Å². The molecule has 0 spiro atoms. The van der Waals surface area contributed by atoms with Crippen LogP contribution in [0.5, 0.6) is 5.75 Å². The van der Waals surface area contributed by atoms with Crippen LogP contribution in [0.1, 0.15) is 12.5 Å². The maximum Gasteiger partial charge on any atom is 0.272 e. The number of anilines is 2. The summed E-state index contributed by atoms with van der Waals surface area (Å²) in [5.41, 5.74) is 1.97. The van der Waals surface area contributed by atoms with Gasteiger partial charge in [0.05, 0.1) is 12.2 Å². The predicted octanol–water partition coefficient (Wildman–Crippen LogP) is 1.65. The molecule has 1 aromatic heterocycles. The minimum Gasteiger partial charge on any atom is -0.494 e. The number of halogens is 1. The molecule has 0 radical (unpaired) electrons. The van der Waals surface area contributed by atoms with Gasteiger partial charge in [-0.15, -0.1) is 0 Å². The molecule has 0 atom stereocenters. The highest BCUT2D eigenvalue weighted by atomic mass is 32.1. The number of amides is 1. The molecular formula is C21H17FN4O3S. The van der Waals surface area contributed by atoms with E-state index >= 15 is 0 Å². The first-order valence-electron chi connectivity index (χ1n) is 9.42. The number of aromatic nitrogens is 1. The summed E-state index contributed by atoms with van der Waals surface area (Å²) in [7, 11) is 0. The molecular weight excluding hydrogens is 407 g/mol. The van der Waals surface area contributed by atoms with Crippen molar-refractivity contribution in [1.82, 2.24) is 4.57 Å². The molecule has 7 nitrogen and oxygen atoms in total. The molecule has 3 aromatic rings. The van der Waals surface area contributed by atoms with E-state index in [4.69, 9.17) is 4.74 Å². The number of rotatable bonds is 3. The Kier molecular flexibility index (Phi) is 4.39. The molecule has 1 amide bonds. The number of benzene rings is 2. The van der Waals surface area contributed by atoms with Crippen LogP contribution in [0.3, 0.4) is 0 Å². The Hall–Kier alpha value is -3.46. The number of thiazole rings is 1. The second-order valence-electron chi connectivity index (χ2n) is 6.88. The third-order valence-corrected chi connectivity index (χ3v) is 6.11. The lowest BCUT2D eigenvalue weighted by molar-refractivity contribution is -0.110. The van der Waals surface area contributed by atoms with Gasteiger partial charge in [-0.25, -0.2) is 9.38 Å². The van der Waals surface area contributed by atoms with E-state index in [9.17, 15) is 14.0 Å². The maximum atomic E-state index is 13.6. The number of carbonyl (C=O) groups is 1. The van der Waals surface area contributed by atoms with Crippen molar-refractivity contribution >= 4 is 34.2 Å². The van der Waals surface area contributed by atoms with Crippen molar-refractivity contribution in [3.63, 3.8) is 0 Å². The second kappa shape index (κ2) is 7.10. The molecule has 2 aliphatic heterocycles. The van der Waals surface area contributed by atoms with Gasteiger partial charge in [-0.1, -0.05) is 17.4 Å². The summed E-state index contributed by atoms with van der Waals surface area (Å²) in [5.74, 6) is -0.0397. The van der Waals surface area contributed by atoms with E-state index in [1.807, 2.05) is 6.92 Å². The summed E-state index contributed by atoms with van der Waals surface area (Å²) < 4.78 is 21.0. The Balaban J connectivity index is 1.63. The summed E-state index contributed by atoms with van der Waals surface area (Å²) >= 11 is 1.19. The second-order valence-corrected chi connectivity index (χ2v) is 7.85. The molecule has 0 fully saturated rings. The molecule has 0 saturated heterocycles. The zero-order valence-corrected chi connectivity index (χ0v) is 16.8. The molecule has 5 rings (SSSR count). The molecule has 9 heteroatoms. The summed E-state index contributed by atoms with van der Waals surface area (Å²) in [6.45, 7) is 2.92. The largest absolute Gasteiger partial charge is 0.494 e. The first-order valence-corrected chi connectivity index (χ1v) is 10.2. The van der Waals surface area contributed by atoms with Crippen molar-refractivity contribution in [1.29, 1.82) is 0 Å². The van der Waals surface area contributed by atoms with E-state index < -0.39 is 0 Å². The number of ether oxygens (including phenoxy) is 1. The van der Waals surface area contributed by atoms with Crippen LogP contribution in [0, 0.1) is 5.82 Å². The third kappa shape index (κ3) is 2.98. The van der Waals surface area contributed by atoms with E-state index in [0.717, 1.165) is 0 Å². The molecule has 152 valence electrons. The minimum atomic E-state index is -0.350. The van der Waals surface area contributed by atoms with Crippen LogP contribution in [-0.4, -0.2) is 23.7 Å². The van der Waals surface area contributed by atoms with E-state index in [1.165, 1.54) is 28.0 Å². The number of hydrogen-bond donors (Lipinski definition) is 1. The molecule has 30 heavy (non-hydrogen) atoms. The van der Waals surface area contributed by atoms with Crippen LogP contribution in [0.25, 0.3) is 5.57 Å². The molecule has 3 heterocycles. The fraction of sp³-hybridized carbons (Fsp3) is 0.190. The summed E-state index contributed by atoms with van der Waals surface area (Å²) in [5, 5.41) is 2.81. The molecule has 2 aromatic carbocycles. The zero-order valence-electron chi connectivity index (χ0n) is 16.0. The van der Waals surface area contributed by atoms with Crippen molar-refractivity contribution in [2.45, 2.75) is 13.6 Å². The van der Waals surface area contributed by atoms with Crippen molar-refractivity contribution in [3.05, 3.63) is 73.5 Å². The Labute approximate surface area is 174 Å². The third-order valence-electron chi connectivity index (χ3n) is 5.00. The van der Waals surface area contributed by atoms with E-state index in [2.05, 4.69) is 10.3 Å². The molecule has 0 bridgehead atoms. The average molecular weight is 424 g/mol. The summed E-state index contributed by atoms with van der Waals surface area (Å²) in [4.78, 5) is 32.7. The maximum absolute atomic E-state index is 13.6. The summed E-state index contributed by atoms with van der Waals surface area (Å²) in [6.07, 6.45) is 0. The number of nitrogens with zero attached hydrogens (tertiary/aromatic N) is 3. The lowest BCUT2D eigenvalue weighted by atomic mass is 10.1. The Bertz CT molecular complexity index is 1360. The fourth-order valence-corrected chi connectivity index (χ4v) is 4.68. The van der Waals surface area contributed by atoms with E-state index in [0.29, 0.717) is 50.9 Å². The van der Waals surface area contributed by atoms with Crippen LogP contribution in [-0.2, 0) is 11.5 Å². The van der Waals surface area contributed by atoms with Crippen LogP contribution in [0.4, 0.5) is 15.8 Å². The van der Waals surface area contributed by atoms with Gasteiger partial charge in [-0.2, -0.15) is 0 Å². The van der Waals surface area contributed by atoms with Crippen LogP contribution < -0.4 is 29.8 Å². The van der Waals surface area contributed by atoms with E-state index in [1.54, 1.807) is 35.2 Å². The molecule has 2 aliphatic rings. The minimum absolute atomic E-state index is 0.234. The first-order chi connectivity index (χ1) is 14.5.